The van der Waals surface area contributed by atoms with Crippen LogP contribution in [0.25, 0.3) is 0 Å². The lowest BCUT2D eigenvalue weighted by Crippen LogP contribution is -2.40. The van der Waals surface area contributed by atoms with Crippen LogP contribution in [0.4, 0.5) is 4.39 Å². The van der Waals surface area contributed by atoms with E-state index >= 15 is 0 Å². The number of halogens is 3. The van der Waals surface area contributed by atoms with Crippen LogP contribution in [-0.4, -0.2) is 43.5 Å². The summed E-state index contributed by atoms with van der Waals surface area (Å²) in [6, 6.07) is 7.82. The summed E-state index contributed by atoms with van der Waals surface area (Å²) < 4.78 is 13.5. The van der Waals surface area contributed by atoms with Gasteiger partial charge < -0.3 is 15.5 Å². The smallest absolute Gasteiger partial charge is 0.220 e. The molecule has 1 aromatic carbocycles. The number of rotatable bonds is 6. The van der Waals surface area contributed by atoms with E-state index in [0.717, 1.165) is 18.4 Å². The second kappa shape index (κ2) is 10.5. The highest BCUT2D eigenvalue weighted by Gasteiger charge is 2.34. The molecule has 0 aromatic heterocycles. The molecular formula is C19H30Cl2FN3O. The van der Waals surface area contributed by atoms with E-state index in [1.54, 1.807) is 12.1 Å². The van der Waals surface area contributed by atoms with Gasteiger partial charge in [-0.3, -0.25) is 4.79 Å². The zero-order valence-corrected chi connectivity index (χ0v) is 17.0. The first-order valence-electron chi connectivity index (χ1n) is 8.96. The lowest BCUT2D eigenvalue weighted by Gasteiger charge is -2.29. The number of amides is 1. The molecule has 3 atom stereocenters. The van der Waals surface area contributed by atoms with Crippen LogP contribution in [0.15, 0.2) is 24.3 Å². The van der Waals surface area contributed by atoms with Gasteiger partial charge in [-0.25, -0.2) is 4.39 Å². The average molecular weight is 406 g/mol. The standard InChI is InChI=1S/C19H28FN3O.2ClH/c1-23(2)18(14-4-3-5-15(20)11-14)12-21-19(24)10-13-8-16-6-7-17(9-13)22-16;;/h3-5,11,13,16-18,22H,6-10,12H2,1-2H3,(H,21,24);2*1H. The van der Waals surface area contributed by atoms with Crippen LogP contribution in [0.5, 0.6) is 0 Å². The van der Waals surface area contributed by atoms with E-state index in [2.05, 4.69) is 10.6 Å². The third-order valence-corrected chi connectivity index (χ3v) is 5.39. The minimum Gasteiger partial charge on any atom is -0.354 e. The number of fused-ring (bicyclic) bond motifs is 2. The first kappa shape index (κ1) is 23.2. The first-order chi connectivity index (χ1) is 11.5. The van der Waals surface area contributed by atoms with E-state index in [1.165, 1.54) is 18.9 Å². The second-order valence-electron chi connectivity index (χ2n) is 7.52. The van der Waals surface area contributed by atoms with Gasteiger partial charge >= 0.3 is 0 Å². The van der Waals surface area contributed by atoms with E-state index < -0.39 is 0 Å². The largest absolute Gasteiger partial charge is 0.354 e. The quantitative estimate of drug-likeness (QED) is 0.762. The Bertz CT molecular complexity index is 576. The summed E-state index contributed by atoms with van der Waals surface area (Å²) in [7, 11) is 3.90. The Morgan fingerprint density at radius 3 is 2.50 bits per heavy atom. The van der Waals surface area contributed by atoms with Crippen molar-refractivity contribution in [1.29, 1.82) is 0 Å². The molecule has 7 heteroatoms. The number of likely N-dealkylation sites (N-methyl/N-ethyl adjacent to an activating group) is 1. The maximum atomic E-state index is 13.5. The van der Waals surface area contributed by atoms with E-state index in [1.807, 2.05) is 25.1 Å². The molecule has 0 spiro atoms. The van der Waals surface area contributed by atoms with Crippen molar-refractivity contribution < 1.29 is 9.18 Å². The highest BCUT2D eigenvalue weighted by atomic mass is 35.5. The number of benzene rings is 1. The van der Waals surface area contributed by atoms with Crippen LogP contribution in [0.2, 0.25) is 0 Å². The summed E-state index contributed by atoms with van der Waals surface area (Å²) in [5.74, 6) is 0.371. The minimum absolute atomic E-state index is 0. The Morgan fingerprint density at radius 2 is 1.92 bits per heavy atom. The molecule has 0 saturated carbocycles. The second-order valence-corrected chi connectivity index (χ2v) is 7.52. The van der Waals surface area contributed by atoms with Crippen LogP contribution >= 0.6 is 24.8 Å². The highest BCUT2D eigenvalue weighted by Crippen LogP contribution is 2.32. The fourth-order valence-corrected chi connectivity index (χ4v) is 4.20. The molecule has 0 aliphatic carbocycles. The minimum atomic E-state index is -0.240. The summed E-state index contributed by atoms with van der Waals surface area (Å²) >= 11 is 0. The molecule has 1 amide bonds. The number of carbonyl (C=O) groups excluding carboxylic acids is 1. The monoisotopic (exact) mass is 405 g/mol. The molecule has 2 bridgehead atoms. The Morgan fingerprint density at radius 1 is 1.27 bits per heavy atom. The molecule has 0 radical (unpaired) electrons. The van der Waals surface area contributed by atoms with Crippen molar-refractivity contribution in [3.05, 3.63) is 35.6 Å². The molecular weight excluding hydrogens is 376 g/mol. The Hall–Kier alpha value is -0.880. The predicted octanol–water partition coefficient (Wildman–Crippen LogP) is 3.31. The van der Waals surface area contributed by atoms with Crippen molar-refractivity contribution in [2.75, 3.05) is 20.6 Å². The van der Waals surface area contributed by atoms with Gasteiger partial charge in [0.1, 0.15) is 5.82 Å². The van der Waals surface area contributed by atoms with Gasteiger partial charge in [0.15, 0.2) is 0 Å². The molecule has 1 aromatic rings. The van der Waals surface area contributed by atoms with Crippen LogP contribution in [0.3, 0.4) is 0 Å². The van der Waals surface area contributed by atoms with E-state index in [0.29, 0.717) is 31.0 Å². The van der Waals surface area contributed by atoms with Crippen molar-refractivity contribution in [3.8, 4) is 0 Å². The third-order valence-electron chi connectivity index (χ3n) is 5.39. The van der Waals surface area contributed by atoms with Crippen molar-refractivity contribution in [2.45, 2.75) is 50.2 Å². The molecule has 148 valence electrons. The first-order valence-corrected chi connectivity index (χ1v) is 8.96. The predicted molar refractivity (Wildman–Crippen MR) is 108 cm³/mol. The van der Waals surface area contributed by atoms with E-state index in [4.69, 9.17) is 0 Å². The number of hydrogen-bond acceptors (Lipinski definition) is 3. The topological polar surface area (TPSA) is 44.4 Å². The third kappa shape index (κ3) is 6.08. The zero-order chi connectivity index (χ0) is 17.1. The maximum absolute atomic E-state index is 13.5. The van der Waals surface area contributed by atoms with Crippen LogP contribution < -0.4 is 10.6 Å². The zero-order valence-electron chi connectivity index (χ0n) is 15.4. The van der Waals surface area contributed by atoms with Gasteiger partial charge in [0.05, 0.1) is 6.04 Å². The number of nitrogens with zero attached hydrogens (tertiary/aromatic N) is 1. The maximum Gasteiger partial charge on any atom is 0.220 e. The molecule has 2 aliphatic heterocycles. The van der Waals surface area contributed by atoms with Gasteiger partial charge in [0, 0.05) is 25.0 Å². The number of hydrogen-bond donors (Lipinski definition) is 2. The molecule has 3 rings (SSSR count). The SMILES string of the molecule is CN(C)C(CNC(=O)CC1CC2CCC(C1)N2)c1cccc(F)c1.Cl.Cl. The van der Waals surface area contributed by atoms with Gasteiger partial charge in [0.2, 0.25) is 5.91 Å². The molecule has 4 nitrogen and oxygen atoms in total. The summed E-state index contributed by atoms with van der Waals surface area (Å²) in [5.41, 5.74) is 0.889. The molecule has 2 saturated heterocycles. The number of piperidine rings is 1. The molecule has 2 fully saturated rings. The summed E-state index contributed by atoms with van der Waals surface area (Å²) in [5, 5.41) is 6.67. The van der Waals surface area contributed by atoms with Crippen molar-refractivity contribution >= 4 is 30.7 Å². The van der Waals surface area contributed by atoms with Gasteiger partial charge in [-0.1, -0.05) is 12.1 Å². The van der Waals surface area contributed by atoms with Crippen molar-refractivity contribution in [1.82, 2.24) is 15.5 Å². The Kier molecular flexibility index (Phi) is 9.31. The van der Waals surface area contributed by atoms with Gasteiger partial charge in [-0.2, -0.15) is 0 Å². The Labute approximate surface area is 168 Å². The molecule has 2 N–H and O–H groups in total. The van der Waals surface area contributed by atoms with E-state index in [-0.39, 0.29) is 42.6 Å². The summed E-state index contributed by atoms with van der Waals surface area (Å²) in [6.07, 6.45) is 5.35. The van der Waals surface area contributed by atoms with Gasteiger partial charge in [0.25, 0.3) is 0 Å². The lowest BCUT2D eigenvalue weighted by atomic mass is 9.89. The van der Waals surface area contributed by atoms with E-state index in [9.17, 15) is 9.18 Å². The van der Waals surface area contributed by atoms with Crippen molar-refractivity contribution in [3.63, 3.8) is 0 Å². The summed E-state index contributed by atoms with van der Waals surface area (Å²) in [4.78, 5) is 14.4. The molecule has 26 heavy (non-hydrogen) atoms. The Balaban J connectivity index is 0.00000169. The lowest BCUT2D eigenvalue weighted by molar-refractivity contribution is -0.122. The van der Waals surface area contributed by atoms with Crippen LogP contribution in [0.1, 0.15) is 43.7 Å². The fourth-order valence-electron chi connectivity index (χ4n) is 4.20. The molecule has 2 heterocycles. The molecule has 3 unspecified atom stereocenters. The normalized spacial score (nSPS) is 25.2. The highest BCUT2D eigenvalue weighted by molar-refractivity contribution is 5.85. The number of nitrogens with one attached hydrogen (secondary N) is 2. The van der Waals surface area contributed by atoms with Gasteiger partial charge in [-0.05, 0) is 63.4 Å². The fraction of sp³-hybridized carbons (Fsp3) is 0.632. The number of carbonyl (C=O) groups is 1. The molecule has 2 aliphatic rings. The van der Waals surface area contributed by atoms with Crippen molar-refractivity contribution in [2.24, 2.45) is 5.92 Å². The average Bonchev–Trinajstić information content (AvgIpc) is 2.86. The van der Waals surface area contributed by atoms with Crippen LogP contribution in [-0.2, 0) is 4.79 Å². The van der Waals surface area contributed by atoms with Gasteiger partial charge in [-0.15, -0.1) is 24.8 Å². The summed E-state index contributed by atoms with van der Waals surface area (Å²) in [6.45, 7) is 0.507. The van der Waals surface area contributed by atoms with Crippen LogP contribution in [0, 0.1) is 11.7 Å².